The van der Waals surface area contributed by atoms with E-state index in [0.29, 0.717) is 18.9 Å². The largest absolute Gasteiger partial charge is 0.393 e. The average molecular weight is 231 g/mol. The molecular weight excluding hydrogens is 202 g/mol. The minimum atomic E-state index is -0.262. The van der Waals surface area contributed by atoms with Crippen molar-refractivity contribution in [3.8, 4) is 0 Å². The topological polar surface area (TPSA) is 55.5 Å². The van der Waals surface area contributed by atoms with Crippen molar-refractivity contribution < 1.29 is 9.84 Å². The Kier molecular flexibility index (Phi) is 7.98. The first-order chi connectivity index (χ1) is 7.41. The summed E-state index contributed by atoms with van der Waals surface area (Å²) in [5.41, 5.74) is 5.28. The highest BCUT2D eigenvalue weighted by molar-refractivity contribution is 4.74. The molecule has 0 aromatic carbocycles. The molecule has 98 valence electrons. The number of nitrogens with two attached hydrogens (primary N) is 1. The van der Waals surface area contributed by atoms with Crippen LogP contribution in [0.2, 0.25) is 0 Å². The van der Waals surface area contributed by atoms with Crippen molar-refractivity contribution in [3.63, 3.8) is 0 Å². The van der Waals surface area contributed by atoms with Crippen molar-refractivity contribution in [2.45, 2.75) is 65.1 Å². The molecule has 0 aromatic heterocycles. The van der Waals surface area contributed by atoms with Crippen LogP contribution in [0.25, 0.3) is 0 Å². The van der Waals surface area contributed by atoms with Crippen LogP contribution in [-0.2, 0) is 4.74 Å². The zero-order chi connectivity index (χ0) is 12.6. The molecule has 2 atom stereocenters. The maximum absolute atomic E-state index is 9.92. The lowest BCUT2D eigenvalue weighted by atomic mass is 9.93. The Balaban J connectivity index is 3.76. The van der Waals surface area contributed by atoms with E-state index in [0.717, 1.165) is 25.8 Å². The normalized spacial score (nSPS) is 16.1. The van der Waals surface area contributed by atoms with Crippen LogP contribution < -0.4 is 5.73 Å². The van der Waals surface area contributed by atoms with E-state index in [2.05, 4.69) is 6.92 Å². The molecule has 0 radical (unpaired) electrons. The van der Waals surface area contributed by atoms with E-state index >= 15 is 0 Å². The predicted octanol–water partition coefficient (Wildman–Crippen LogP) is 2.32. The van der Waals surface area contributed by atoms with Crippen molar-refractivity contribution in [2.24, 2.45) is 11.7 Å². The number of rotatable bonds is 9. The van der Waals surface area contributed by atoms with Crippen molar-refractivity contribution in [3.05, 3.63) is 0 Å². The third-order valence-electron chi connectivity index (χ3n) is 2.91. The van der Waals surface area contributed by atoms with E-state index in [1.165, 1.54) is 0 Å². The van der Waals surface area contributed by atoms with Gasteiger partial charge in [0.2, 0.25) is 0 Å². The maximum Gasteiger partial charge on any atom is 0.0650 e. The van der Waals surface area contributed by atoms with Gasteiger partial charge in [-0.2, -0.15) is 0 Å². The van der Waals surface area contributed by atoms with E-state index in [9.17, 15) is 5.11 Å². The van der Waals surface area contributed by atoms with E-state index in [-0.39, 0.29) is 11.7 Å². The maximum atomic E-state index is 9.92. The van der Waals surface area contributed by atoms with Crippen LogP contribution in [0.5, 0.6) is 0 Å². The Hall–Kier alpha value is -0.120. The molecular formula is C13H29NO2. The van der Waals surface area contributed by atoms with Gasteiger partial charge in [-0.05, 0) is 52.5 Å². The van der Waals surface area contributed by atoms with Crippen molar-refractivity contribution in [1.29, 1.82) is 0 Å². The van der Waals surface area contributed by atoms with Crippen LogP contribution in [0.3, 0.4) is 0 Å². The van der Waals surface area contributed by atoms with Gasteiger partial charge >= 0.3 is 0 Å². The molecule has 3 N–H and O–H groups in total. The molecule has 0 saturated heterocycles. The van der Waals surface area contributed by atoms with Crippen LogP contribution in [0.15, 0.2) is 0 Å². The Morgan fingerprint density at radius 2 is 1.88 bits per heavy atom. The highest BCUT2D eigenvalue weighted by atomic mass is 16.5. The third-order valence-corrected chi connectivity index (χ3v) is 2.91. The van der Waals surface area contributed by atoms with Gasteiger partial charge in [-0.3, -0.25) is 0 Å². The van der Waals surface area contributed by atoms with E-state index in [1.807, 2.05) is 20.8 Å². The van der Waals surface area contributed by atoms with Crippen LogP contribution in [-0.4, -0.2) is 30.0 Å². The summed E-state index contributed by atoms with van der Waals surface area (Å²) in [6.07, 6.45) is 3.37. The number of aliphatic hydroxyl groups excluding tert-OH is 1. The van der Waals surface area contributed by atoms with Crippen LogP contribution in [0, 0.1) is 5.92 Å². The van der Waals surface area contributed by atoms with E-state index < -0.39 is 0 Å². The lowest BCUT2D eigenvalue weighted by Crippen LogP contribution is -2.30. The average Bonchev–Trinajstić information content (AvgIpc) is 2.14. The summed E-state index contributed by atoms with van der Waals surface area (Å²) >= 11 is 0. The van der Waals surface area contributed by atoms with Gasteiger partial charge in [0.05, 0.1) is 11.7 Å². The summed E-state index contributed by atoms with van der Waals surface area (Å²) in [7, 11) is 0. The standard InChI is InChI=1S/C13H29NO2/c1-5-16-13(3,4)10-12(15)7-6-11(2)8-9-14/h11-12,15H,5-10,14H2,1-4H3/t11-,12?/m1/s1. The van der Waals surface area contributed by atoms with Crippen molar-refractivity contribution >= 4 is 0 Å². The Morgan fingerprint density at radius 1 is 1.25 bits per heavy atom. The number of ether oxygens (including phenoxy) is 1. The summed E-state index contributed by atoms with van der Waals surface area (Å²) in [5, 5.41) is 9.92. The third kappa shape index (κ3) is 8.08. The second-order valence-electron chi connectivity index (χ2n) is 5.31. The highest BCUT2D eigenvalue weighted by Crippen LogP contribution is 2.21. The smallest absolute Gasteiger partial charge is 0.0650 e. The van der Waals surface area contributed by atoms with Crippen molar-refractivity contribution in [1.82, 2.24) is 0 Å². The lowest BCUT2D eigenvalue weighted by molar-refractivity contribution is -0.0455. The molecule has 3 nitrogen and oxygen atoms in total. The summed E-state index contributed by atoms with van der Waals surface area (Å²) in [4.78, 5) is 0. The molecule has 0 amide bonds. The summed E-state index contributed by atoms with van der Waals surface area (Å²) in [6, 6.07) is 0. The van der Waals surface area contributed by atoms with Gasteiger partial charge in [-0.1, -0.05) is 6.92 Å². The fraction of sp³-hybridized carbons (Fsp3) is 1.00. The second kappa shape index (κ2) is 8.04. The highest BCUT2D eigenvalue weighted by Gasteiger charge is 2.22. The molecule has 0 aliphatic rings. The van der Waals surface area contributed by atoms with Gasteiger partial charge in [0.1, 0.15) is 0 Å². The van der Waals surface area contributed by atoms with E-state index in [4.69, 9.17) is 10.5 Å². The van der Waals surface area contributed by atoms with Gasteiger partial charge in [0, 0.05) is 13.0 Å². The first-order valence-corrected chi connectivity index (χ1v) is 6.43. The zero-order valence-corrected chi connectivity index (χ0v) is 11.3. The molecule has 0 fully saturated rings. The Labute approximate surface area is 100 Å². The summed E-state index contributed by atoms with van der Waals surface area (Å²) in [5.74, 6) is 0.606. The fourth-order valence-electron chi connectivity index (χ4n) is 2.02. The quantitative estimate of drug-likeness (QED) is 0.640. The number of hydrogen-bond donors (Lipinski definition) is 2. The first-order valence-electron chi connectivity index (χ1n) is 6.43. The molecule has 0 heterocycles. The van der Waals surface area contributed by atoms with Gasteiger partial charge in [0.25, 0.3) is 0 Å². The predicted molar refractivity (Wildman–Crippen MR) is 68.4 cm³/mol. The van der Waals surface area contributed by atoms with Crippen LogP contribution in [0.4, 0.5) is 0 Å². The number of aliphatic hydroxyl groups is 1. The molecule has 0 aliphatic carbocycles. The molecule has 0 spiro atoms. The first kappa shape index (κ1) is 15.9. The molecule has 0 saturated carbocycles. The van der Waals surface area contributed by atoms with E-state index in [1.54, 1.807) is 0 Å². The Morgan fingerprint density at radius 3 is 2.38 bits per heavy atom. The summed E-state index contributed by atoms with van der Waals surface area (Å²) in [6.45, 7) is 9.67. The van der Waals surface area contributed by atoms with Gasteiger partial charge in [-0.25, -0.2) is 0 Å². The number of hydrogen-bond acceptors (Lipinski definition) is 3. The fourth-order valence-corrected chi connectivity index (χ4v) is 2.02. The van der Waals surface area contributed by atoms with Gasteiger partial charge in [0.15, 0.2) is 0 Å². The lowest BCUT2D eigenvalue weighted by Gasteiger charge is -2.27. The molecule has 0 aliphatic heterocycles. The van der Waals surface area contributed by atoms with Gasteiger partial charge in [-0.15, -0.1) is 0 Å². The molecule has 0 aromatic rings. The van der Waals surface area contributed by atoms with Gasteiger partial charge < -0.3 is 15.6 Å². The SMILES string of the molecule is CCOC(C)(C)CC(O)CC[C@@H](C)CCN. The summed E-state index contributed by atoms with van der Waals surface area (Å²) < 4.78 is 5.57. The minimum Gasteiger partial charge on any atom is -0.393 e. The monoisotopic (exact) mass is 231 g/mol. The van der Waals surface area contributed by atoms with Crippen molar-refractivity contribution in [2.75, 3.05) is 13.2 Å². The molecule has 16 heavy (non-hydrogen) atoms. The molecule has 3 heteroatoms. The minimum absolute atomic E-state index is 0.217. The van der Waals surface area contributed by atoms with Crippen LogP contribution >= 0.6 is 0 Å². The zero-order valence-electron chi connectivity index (χ0n) is 11.3. The molecule has 0 bridgehead atoms. The Bertz CT molecular complexity index is 171. The molecule has 0 rings (SSSR count). The van der Waals surface area contributed by atoms with Crippen LogP contribution in [0.1, 0.15) is 53.4 Å². The second-order valence-corrected chi connectivity index (χ2v) is 5.31. The molecule has 1 unspecified atom stereocenters.